The first kappa shape index (κ1) is 20.5. The fraction of sp³-hybridized carbons (Fsp3) is 0.188. The summed E-state index contributed by atoms with van der Waals surface area (Å²) in [6, 6.07) is 13.0. The van der Waals surface area contributed by atoms with Crippen LogP contribution >= 0.6 is 24.0 Å². The molecule has 0 amide bonds. The summed E-state index contributed by atoms with van der Waals surface area (Å²) in [5, 5.41) is 1.92. The van der Waals surface area contributed by atoms with Crippen LogP contribution in [0.4, 0.5) is 0 Å². The molecule has 2 aromatic carbocycles. The third-order valence-electron chi connectivity index (χ3n) is 3.35. The van der Waals surface area contributed by atoms with Gasteiger partial charge in [-0.05, 0) is 18.6 Å². The molecule has 1 aromatic heterocycles. The largest absolute Gasteiger partial charge is 1.00 e. The van der Waals surface area contributed by atoms with Crippen LogP contribution in [0.1, 0.15) is 14.8 Å². The van der Waals surface area contributed by atoms with Gasteiger partial charge in [-0.1, -0.05) is 61.2 Å². The second kappa shape index (κ2) is 8.75. The average molecular weight is 405 g/mol. The van der Waals surface area contributed by atoms with E-state index < -0.39 is 10.3 Å². The van der Waals surface area contributed by atoms with Gasteiger partial charge < -0.3 is 10.6 Å². The predicted octanol–water partition coefficient (Wildman–Crippen LogP) is 1.08. The summed E-state index contributed by atoms with van der Waals surface area (Å²) in [6.07, 6.45) is 0.905. The molecule has 3 rings (SSSR count). The molecule has 1 heterocycles. The number of H-pyrrole nitrogens is 1. The van der Waals surface area contributed by atoms with Crippen LogP contribution in [0.3, 0.4) is 0 Å². The second-order valence-corrected chi connectivity index (χ2v) is 8.18. The molecule has 5 nitrogen and oxygen atoms in total. The Kier molecular flexibility index (Phi) is 7.19. The van der Waals surface area contributed by atoms with Crippen molar-refractivity contribution in [2.24, 2.45) is 0 Å². The van der Waals surface area contributed by atoms with Crippen molar-refractivity contribution < 1.29 is 43.6 Å². The summed E-state index contributed by atoms with van der Waals surface area (Å²) in [6.45, 7) is 2.00. The van der Waals surface area contributed by atoms with E-state index in [2.05, 4.69) is 9.71 Å². The zero-order chi connectivity index (χ0) is 17.2. The number of thioether (sulfide) groups is 1. The van der Waals surface area contributed by atoms with Crippen molar-refractivity contribution in [3.05, 3.63) is 42.5 Å². The van der Waals surface area contributed by atoms with Crippen molar-refractivity contribution in [2.75, 3.05) is 5.75 Å². The van der Waals surface area contributed by atoms with E-state index in [-0.39, 0.29) is 41.1 Å². The Morgan fingerprint density at radius 2 is 1.96 bits per heavy atom. The van der Waals surface area contributed by atoms with E-state index in [1.54, 1.807) is 12.1 Å². The molecule has 0 saturated carbocycles. The van der Waals surface area contributed by atoms with Gasteiger partial charge in [0.1, 0.15) is 4.32 Å². The fourth-order valence-electron chi connectivity index (χ4n) is 2.38. The number of fused-ring (bicyclic) bond motifs is 3. The average Bonchev–Trinajstić information content (AvgIpc) is 2.92. The molecule has 0 unspecified atom stereocenters. The van der Waals surface area contributed by atoms with E-state index in [1.807, 2.05) is 37.3 Å². The molecular formula is C16H17N2NaO3S3. The van der Waals surface area contributed by atoms with E-state index in [4.69, 9.17) is 16.4 Å². The van der Waals surface area contributed by atoms with Gasteiger partial charge in [-0.25, -0.2) is 4.72 Å². The van der Waals surface area contributed by atoms with Crippen LogP contribution in [0.15, 0.2) is 42.5 Å². The number of hydrogen-bond donors (Lipinski definition) is 2. The fourth-order valence-corrected chi connectivity index (χ4v) is 4.49. The Balaban J connectivity index is 0.00000169. The standard InChI is InChI=1S/C16H16N2O3S3.Na.H/c1-2-10-23-16(22)18-24(19,20)21-14-9-5-7-12-11-6-3-4-8-13(11)17-15(12)14;;/h3-9,17H,2,10H2,1H3,(H,18,22);;/q;+1;-1. The number of para-hydroxylation sites is 2. The monoisotopic (exact) mass is 404 g/mol. The molecule has 0 radical (unpaired) electrons. The van der Waals surface area contributed by atoms with E-state index >= 15 is 0 Å². The number of hydrogen-bond acceptors (Lipinski definition) is 5. The van der Waals surface area contributed by atoms with Crippen LogP contribution in [0.2, 0.25) is 0 Å². The van der Waals surface area contributed by atoms with Gasteiger partial charge in [0.05, 0.1) is 5.52 Å². The summed E-state index contributed by atoms with van der Waals surface area (Å²) in [7, 11) is -4.03. The number of rotatable bonds is 5. The topological polar surface area (TPSA) is 71.2 Å². The van der Waals surface area contributed by atoms with Crippen molar-refractivity contribution >= 4 is 60.4 Å². The zero-order valence-corrected chi connectivity index (χ0v) is 18.4. The summed E-state index contributed by atoms with van der Waals surface area (Å²) < 4.78 is 32.0. The minimum Gasteiger partial charge on any atom is -1.00 e. The Hall–Kier alpha value is -0.770. The first-order chi connectivity index (χ1) is 11.5. The summed E-state index contributed by atoms with van der Waals surface area (Å²) in [5.74, 6) is 0.985. The van der Waals surface area contributed by atoms with Gasteiger partial charge >= 0.3 is 39.9 Å². The van der Waals surface area contributed by atoms with Crippen molar-refractivity contribution in [3.63, 3.8) is 0 Å². The van der Waals surface area contributed by atoms with Gasteiger partial charge in [-0.2, -0.15) is 8.42 Å². The first-order valence-electron chi connectivity index (χ1n) is 7.38. The van der Waals surface area contributed by atoms with Crippen LogP contribution in [-0.4, -0.2) is 23.5 Å². The van der Waals surface area contributed by atoms with Crippen molar-refractivity contribution in [1.82, 2.24) is 9.71 Å². The maximum Gasteiger partial charge on any atom is 1.00 e. The summed E-state index contributed by atoms with van der Waals surface area (Å²) >= 11 is 6.29. The third kappa shape index (κ3) is 4.90. The molecular weight excluding hydrogens is 387 g/mol. The van der Waals surface area contributed by atoms with Crippen LogP contribution in [0.5, 0.6) is 5.75 Å². The van der Waals surface area contributed by atoms with E-state index in [0.29, 0.717) is 5.52 Å². The number of benzene rings is 2. The minimum atomic E-state index is -4.03. The smallest absolute Gasteiger partial charge is 1.00 e. The quantitative estimate of drug-likeness (QED) is 0.492. The molecule has 2 N–H and O–H groups in total. The van der Waals surface area contributed by atoms with E-state index in [9.17, 15) is 8.42 Å². The molecule has 128 valence electrons. The molecule has 0 aliphatic rings. The number of thiocarbonyl (C=S) groups is 1. The third-order valence-corrected chi connectivity index (χ3v) is 5.89. The number of aromatic nitrogens is 1. The maximum atomic E-state index is 12.2. The van der Waals surface area contributed by atoms with Gasteiger partial charge in [0.25, 0.3) is 0 Å². The summed E-state index contributed by atoms with van der Waals surface area (Å²) in [4.78, 5) is 3.20. The Bertz CT molecular complexity index is 1010. The summed E-state index contributed by atoms with van der Waals surface area (Å²) in [5.41, 5.74) is 1.55. The van der Waals surface area contributed by atoms with Crippen LogP contribution in [-0.2, 0) is 10.3 Å². The molecule has 9 heteroatoms. The Morgan fingerprint density at radius 3 is 2.72 bits per heavy atom. The molecule has 0 atom stereocenters. The van der Waals surface area contributed by atoms with Gasteiger partial charge in [0.2, 0.25) is 0 Å². The second-order valence-electron chi connectivity index (χ2n) is 5.12. The molecule has 3 aromatic rings. The van der Waals surface area contributed by atoms with Crippen molar-refractivity contribution in [2.45, 2.75) is 13.3 Å². The van der Waals surface area contributed by atoms with Gasteiger partial charge in [-0.15, -0.1) is 0 Å². The molecule has 0 bridgehead atoms. The van der Waals surface area contributed by atoms with Gasteiger partial charge in [-0.3, -0.25) is 0 Å². The van der Waals surface area contributed by atoms with Crippen molar-refractivity contribution in [1.29, 1.82) is 0 Å². The van der Waals surface area contributed by atoms with Gasteiger partial charge in [0, 0.05) is 22.0 Å². The van der Waals surface area contributed by atoms with E-state index in [1.165, 1.54) is 11.8 Å². The SMILES string of the molecule is CCCSC(=S)NS(=O)(=O)Oc1cccc2c1[nH]c1ccccc12.[H-].[Na+]. The van der Waals surface area contributed by atoms with Gasteiger partial charge in [0.15, 0.2) is 5.75 Å². The van der Waals surface area contributed by atoms with Crippen LogP contribution in [0.25, 0.3) is 21.8 Å². The Morgan fingerprint density at radius 1 is 1.24 bits per heavy atom. The normalized spacial score (nSPS) is 11.2. The predicted molar refractivity (Wildman–Crippen MR) is 105 cm³/mol. The van der Waals surface area contributed by atoms with Crippen LogP contribution < -0.4 is 38.5 Å². The molecule has 0 saturated heterocycles. The van der Waals surface area contributed by atoms with Crippen LogP contribution in [0, 0.1) is 0 Å². The zero-order valence-electron chi connectivity index (χ0n) is 14.9. The number of aromatic amines is 1. The first-order valence-corrected chi connectivity index (χ1v) is 10.2. The van der Waals surface area contributed by atoms with Crippen molar-refractivity contribution in [3.8, 4) is 5.75 Å². The molecule has 0 aliphatic heterocycles. The minimum absolute atomic E-state index is 0. The molecule has 0 spiro atoms. The Labute approximate surface area is 179 Å². The van der Waals surface area contributed by atoms with E-state index in [0.717, 1.165) is 28.5 Å². The maximum absolute atomic E-state index is 12.2. The number of nitrogens with one attached hydrogen (secondary N) is 2. The molecule has 0 aliphatic carbocycles. The molecule has 0 fully saturated rings. The molecule has 25 heavy (non-hydrogen) atoms.